The van der Waals surface area contributed by atoms with Gasteiger partial charge in [-0.25, -0.2) is 8.42 Å². The Bertz CT molecular complexity index is 967. The van der Waals surface area contributed by atoms with E-state index in [4.69, 9.17) is 0 Å². The highest BCUT2D eigenvalue weighted by Crippen LogP contribution is 2.64. The van der Waals surface area contributed by atoms with Gasteiger partial charge in [-0.1, -0.05) is 49.2 Å². The molecular weight excluding hydrogens is 511 g/mol. The van der Waals surface area contributed by atoms with Crippen LogP contribution < -0.4 is 21.2 Å². The molecule has 30 heavy (non-hydrogen) atoms. The second kappa shape index (κ2) is 8.71. The molecule has 0 radical (unpaired) electrons. The minimum atomic E-state index is -4.33. The average molecular weight is 540 g/mol. The zero-order valence-electron chi connectivity index (χ0n) is 17.9. The summed E-state index contributed by atoms with van der Waals surface area (Å²) >= 11 is 0.00313. The lowest BCUT2D eigenvalue weighted by molar-refractivity contribution is -0.597. The van der Waals surface area contributed by atoms with E-state index in [0.717, 1.165) is 6.42 Å². The van der Waals surface area contributed by atoms with Gasteiger partial charge in [-0.2, -0.15) is 0 Å². The van der Waals surface area contributed by atoms with Gasteiger partial charge in [0, 0.05) is 11.8 Å². The number of fused-ring (bicyclic) bond motifs is 2. The van der Waals surface area contributed by atoms with E-state index in [1.54, 1.807) is 0 Å². The van der Waals surface area contributed by atoms with Crippen LogP contribution in [0.4, 0.5) is 0 Å². The van der Waals surface area contributed by atoms with E-state index in [9.17, 15) is 17.8 Å². The first-order valence-corrected chi connectivity index (χ1v) is 13.9. The van der Waals surface area contributed by atoms with Crippen LogP contribution in [0.1, 0.15) is 44.2 Å². The molecule has 2 aliphatic carbocycles. The molecule has 0 aliphatic heterocycles. The van der Waals surface area contributed by atoms with Crippen LogP contribution in [0.3, 0.4) is 0 Å². The second-order valence-electron chi connectivity index (χ2n) is 9.05. The molecule has 0 heterocycles. The summed E-state index contributed by atoms with van der Waals surface area (Å²) in [4.78, 5) is 11.8. The fourth-order valence-electron chi connectivity index (χ4n) is 4.73. The normalized spacial score (nSPS) is 24.4. The van der Waals surface area contributed by atoms with Gasteiger partial charge < -0.3 is 4.55 Å². The van der Waals surface area contributed by atoms with Crippen molar-refractivity contribution < 1.29 is 39.0 Å². The largest absolute Gasteiger partial charge is 0.748 e. The van der Waals surface area contributed by atoms with E-state index in [1.165, 1.54) is 18.3 Å². The molecule has 6 heteroatoms. The summed E-state index contributed by atoms with van der Waals surface area (Å²) in [6, 6.07) is 17.8. The topological polar surface area (TPSA) is 74.3 Å². The quantitative estimate of drug-likeness (QED) is 0.434. The summed E-state index contributed by atoms with van der Waals surface area (Å²) in [6.07, 6.45) is 1.88. The van der Waals surface area contributed by atoms with Crippen LogP contribution in [0.2, 0.25) is 0 Å². The minimum Gasteiger partial charge on any atom is -0.748 e. The number of halogens is 1. The summed E-state index contributed by atoms with van der Waals surface area (Å²) < 4.78 is 35.7. The van der Waals surface area contributed by atoms with Gasteiger partial charge in [0.15, 0.2) is 7.14 Å². The number of Topliss-reactive ketones (excluding diaryl/α,β-unsaturated/α-hetero) is 1. The first-order valence-electron chi connectivity index (χ1n) is 10.2. The summed E-state index contributed by atoms with van der Waals surface area (Å²) in [6.45, 7) is 8.10. The Kier molecular flexibility index (Phi) is 6.80. The van der Waals surface area contributed by atoms with Gasteiger partial charge in [0.25, 0.3) is 0 Å². The predicted molar refractivity (Wildman–Crippen MR) is 113 cm³/mol. The van der Waals surface area contributed by atoms with E-state index < -0.39 is 21.3 Å². The third-order valence-corrected chi connectivity index (χ3v) is 10.3. The highest BCUT2D eigenvalue weighted by Gasteiger charge is 2.64. The van der Waals surface area contributed by atoms with Gasteiger partial charge in [-0.3, -0.25) is 4.79 Å². The van der Waals surface area contributed by atoms with E-state index in [1.807, 2.05) is 13.8 Å². The van der Waals surface area contributed by atoms with Crippen LogP contribution in [0.25, 0.3) is 0 Å². The maximum Gasteiger partial charge on any atom is 0.357 e. The second-order valence-corrected chi connectivity index (χ2v) is 13.5. The molecule has 2 aliphatic rings. The number of benzene rings is 2. The third-order valence-electron chi connectivity index (χ3n) is 6.80. The molecule has 2 atom stereocenters. The zero-order valence-corrected chi connectivity index (χ0v) is 20.9. The van der Waals surface area contributed by atoms with E-state index in [0.29, 0.717) is 12.8 Å². The van der Waals surface area contributed by atoms with Crippen molar-refractivity contribution in [2.75, 3.05) is 5.75 Å². The fraction of sp³-hybridized carbons (Fsp3) is 0.458. The maximum absolute atomic E-state index is 11.8. The molecule has 2 unspecified atom stereocenters. The van der Waals surface area contributed by atoms with Crippen LogP contribution in [0, 0.1) is 37.7 Å². The predicted octanol–water partition coefficient (Wildman–Crippen LogP) is 1.36. The molecule has 2 bridgehead atoms. The summed E-state index contributed by atoms with van der Waals surface area (Å²) in [5, 5.41) is 0. The van der Waals surface area contributed by atoms with E-state index in [-0.39, 0.29) is 38.3 Å². The lowest BCUT2D eigenvalue weighted by Crippen LogP contribution is -3.61. The summed E-state index contributed by atoms with van der Waals surface area (Å²) in [5.74, 6) is -0.280. The van der Waals surface area contributed by atoms with Crippen molar-refractivity contribution in [1.29, 1.82) is 0 Å². The van der Waals surface area contributed by atoms with E-state index in [2.05, 4.69) is 62.4 Å². The Balaban J connectivity index is 0.000000171. The number of rotatable bonds is 4. The minimum absolute atomic E-state index is 0.00313. The SMILES string of the molecule is CC1(C)C2CCC1(CS(=O)(=O)[O-])C(=O)C2.Cc1ccc([I+]c2ccc(C)cc2)cc1. The van der Waals surface area contributed by atoms with E-state index >= 15 is 0 Å². The first kappa shape index (κ1) is 23.4. The molecule has 2 aromatic carbocycles. The smallest absolute Gasteiger partial charge is 0.357 e. The molecule has 2 aromatic rings. The lowest BCUT2D eigenvalue weighted by Gasteiger charge is -2.37. The standard InChI is InChI=1S/C14H14I.C10H16O4S/c1-11-3-7-13(8-4-11)15-14-9-5-12(2)6-10-14;1-9(2)7-3-4-10(9,8(11)5-7)6-15(12,13)14/h3-10H,1-2H3;7H,3-6H2,1-2H3,(H,12,13,14)/q+1;/p-1. The third kappa shape index (κ3) is 4.97. The molecule has 4 nitrogen and oxygen atoms in total. The molecule has 2 fully saturated rings. The van der Waals surface area contributed by atoms with Crippen LogP contribution in [0.15, 0.2) is 48.5 Å². The molecule has 2 saturated carbocycles. The van der Waals surface area contributed by atoms with Crippen molar-refractivity contribution in [3.05, 3.63) is 66.8 Å². The average Bonchev–Trinajstić information content (AvgIpc) is 2.99. The lowest BCUT2D eigenvalue weighted by atomic mass is 9.70. The van der Waals surface area contributed by atoms with Gasteiger partial charge in [0.1, 0.15) is 5.78 Å². The molecule has 0 spiro atoms. The number of hydrogen-bond acceptors (Lipinski definition) is 4. The van der Waals surface area contributed by atoms with Crippen LogP contribution >= 0.6 is 0 Å². The van der Waals surface area contributed by atoms with Crippen molar-refractivity contribution in [2.24, 2.45) is 16.7 Å². The Morgan fingerprint density at radius 1 is 0.967 bits per heavy atom. The van der Waals surface area contributed by atoms with Crippen molar-refractivity contribution in [3.8, 4) is 0 Å². The number of aryl methyl sites for hydroxylation is 2. The number of carbonyl (C=O) groups is 1. The van der Waals surface area contributed by atoms with Crippen molar-refractivity contribution in [3.63, 3.8) is 0 Å². The highest BCUT2D eigenvalue weighted by molar-refractivity contribution is 7.85. The number of ketones is 1. The van der Waals surface area contributed by atoms with Crippen molar-refractivity contribution >= 4 is 15.9 Å². The van der Waals surface area contributed by atoms with Gasteiger partial charge in [-0.05, 0) is 62.3 Å². The highest BCUT2D eigenvalue weighted by atomic mass is 127. The monoisotopic (exact) mass is 540 g/mol. The molecular formula is C24H29IO4S. The number of hydrogen-bond donors (Lipinski definition) is 0. The molecule has 4 rings (SSSR count). The van der Waals surface area contributed by atoms with Gasteiger partial charge in [0.2, 0.25) is 0 Å². The summed E-state index contributed by atoms with van der Waals surface area (Å²) in [7, 11) is -4.33. The fourth-order valence-corrected chi connectivity index (χ4v) is 8.17. The Morgan fingerprint density at radius 3 is 1.77 bits per heavy atom. The molecule has 0 amide bonds. The summed E-state index contributed by atoms with van der Waals surface area (Å²) in [5.41, 5.74) is 1.46. The van der Waals surface area contributed by atoms with Crippen molar-refractivity contribution in [1.82, 2.24) is 0 Å². The van der Waals surface area contributed by atoms with Crippen LogP contribution in [-0.2, 0) is 14.9 Å². The van der Waals surface area contributed by atoms with Gasteiger partial charge >= 0.3 is 21.2 Å². The van der Waals surface area contributed by atoms with Crippen LogP contribution in [-0.4, -0.2) is 24.5 Å². The Hall–Kier alpha value is -1.25. The molecule has 0 N–H and O–H groups in total. The Labute approximate surface area is 190 Å². The maximum atomic E-state index is 11.8. The molecule has 162 valence electrons. The van der Waals surface area contributed by atoms with Crippen molar-refractivity contribution in [2.45, 2.75) is 47.0 Å². The zero-order chi connectivity index (χ0) is 22.2. The Morgan fingerprint density at radius 2 is 1.43 bits per heavy atom. The molecule has 0 saturated heterocycles. The van der Waals surface area contributed by atoms with Crippen LogP contribution in [0.5, 0.6) is 0 Å². The number of carbonyl (C=O) groups excluding carboxylic acids is 1. The van der Waals surface area contributed by atoms with Gasteiger partial charge in [0.05, 0.1) is 15.9 Å². The first-order chi connectivity index (χ1) is 13.9. The molecule has 0 aromatic heterocycles. The van der Waals surface area contributed by atoms with Gasteiger partial charge in [-0.15, -0.1) is 0 Å².